The van der Waals surface area contributed by atoms with Crippen LogP contribution in [0.2, 0.25) is 10.0 Å². The van der Waals surface area contributed by atoms with Gasteiger partial charge in [-0.15, -0.1) is 0 Å². The Hall–Kier alpha value is -5.31. The van der Waals surface area contributed by atoms with Crippen molar-refractivity contribution < 1.29 is 29.0 Å². The molecule has 0 saturated carbocycles. The lowest BCUT2D eigenvalue weighted by atomic mass is 9.96. The standard InChI is InChI=1S/C39H32Cl2N2O6/c40-32-20-31(21-33(41)22-32)34(18-27-10-15-35-36(19-27)49-24-48-35)43(38(45)39(46)47)23-26-8-13-30(14-9-26)37(44)42-17-16-25-6-11-29(12-7-25)28-4-2-1-3-5-28/h1-15,19-22,34H,16-18,23-24H2,(H,42,44)(H,46,47). The summed E-state index contributed by atoms with van der Waals surface area (Å²) < 4.78 is 11.0. The molecular formula is C39H32Cl2N2O6. The third kappa shape index (κ3) is 8.41. The summed E-state index contributed by atoms with van der Waals surface area (Å²) >= 11 is 12.7. The molecule has 10 heteroatoms. The second-order valence-corrected chi connectivity index (χ2v) is 12.5. The van der Waals surface area contributed by atoms with Crippen LogP contribution >= 0.6 is 23.2 Å². The molecule has 1 heterocycles. The van der Waals surface area contributed by atoms with Gasteiger partial charge >= 0.3 is 11.9 Å². The van der Waals surface area contributed by atoms with Gasteiger partial charge in [-0.3, -0.25) is 9.59 Å². The SMILES string of the molecule is O=C(O)C(=O)N(Cc1ccc(C(=O)NCCc2ccc(-c3ccccc3)cc2)cc1)C(Cc1ccc2c(c1)OCO2)c1cc(Cl)cc(Cl)c1. The molecule has 0 aromatic heterocycles. The van der Waals surface area contributed by atoms with Crippen LogP contribution in [0.5, 0.6) is 11.5 Å². The van der Waals surface area contributed by atoms with Gasteiger partial charge in [0.2, 0.25) is 6.79 Å². The van der Waals surface area contributed by atoms with E-state index in [1.54, 1.807) is 54.6 Å². The number of hydrogen-bond donors (Lipinski definition) is 2. The molecule has 2 N–H and O–H groups in total. The Kier molecular flexibility index (Phi) is 10.5. The number of nitrogens with zero attached hydrogens (tertiary/aromatic N) is 1. The number of carboxylic acid groups (broad SMARTS) is 1. The monoisotopic (exact) mass is 694 g/mol. The first-order valence-corrected chi connectivity index (χ1v) is 16.4. The average Bonchev–Trinajstić information content (AvgIpc) is 3.58. The van der Waals surface area contributed by atoms with E-state index in [1.165, 1.54) is 4.90 Å². The van der Waals surface area contributed by atoms with Crippen LogP contribution in [-0.2, 0) is 29.0 Å². The van der Waals surface area contributed by atoms with Crippen molar-refractivity contribution in [1.29, 1.82) is 0 Å². The summed E-state index contributed by atoms with van der Waals surface area (Å²) in [5.41, 5.74) is 5.81. The topological polar surface area (TPSA) is 105 Å². The lowest BCUT2D eigenvalue weighted by molar-refractivity contribution is -0.157. The van der Waals surface area contributed by atoms with Crippen molar-refractivity contribution in [2.75, 3.05) is 13.3 Å². The highest BCUT2D eigenvalue weighted by molar-refractivity contribution is 6.34. The van der Waals surface area contributed by atoms with Crippen LogP contribution in [0.1, 0.15) is 38.7 Å². The smallest absolute Gasteiger partial charge is 0.394 e. The van der Waals surface area contributed by atoms with E-state index in [0.29, 0.717) is 51.2 Å². The van der Waals surface area contributed by atoms with Crippen LogP contribution in [0.4, 0.5) is 0 Å². The van der Waals surface area contributed by atoms with Gasteiger partial charge in [-0.25, -0.2) is 4.79 Å². The molecule has 1 aliphatic rings. The molecule has 5 aromatic carbocycles. The Morgan fingerprint density at radius 1 is 0.735 bits per heavy atom. The maximum Gasteiger partial charge on any atom is 0.394 e. The van der Waals surface area contributed by atoms with E-state index >= 15 is 0 Å². The highest BCUT2D eigenvalue weighted by atomic mass is 35.5. The second-order valence-electron chi connectivity index (χ2n) is 11.6. The average molecular weight is 696 g/mol. The Bertz CT molecular complexity index is 1950. The molecule has 1 aliphatic heterocycles. The van der Waals surface area contributed by atoms with Crippen LogP contribution in [0.25, 0.3) is 11.1 Å². The highest BCUT2D eigenvalue weighted by Crippen LogP contribution is 2.36. The Morgan fingerprint density at radius 3 is 2.06 bits per heavy atom. The minimum atomic E-state index is -1.60. The molecule has 0 bridgehead atoms. The van der Waals surface area contributed by atoms with Crippen LogP contribution in [-0.4, -0.2) is 41.1 Å². The Balaban J connectivity index is 1.15. The van der Waals surface area contributed by atoms with E-state index in [9.17, 15) is 19.5 Å². The molecule has 248 valence electrons. The number of amides is 2. The number of carboxylic acids is 1. The number of ether oxygens (including phenoxy) is 2. The summed E-state index contributed by atoms with van der Waals surface area (Å²) in [4.78, 5) is 39.6. The summed E-state index contributed by atoms with van der Waals surface area (Å²) in [7, 11) is 0. The summed E-state index contributed by atoms with van der Waals surface area (Å²) in [5, 5.41) is 13.5. The van der Waals surface area contributed by atoms with E-state index in [1.807, 2.05) is 24.3 Å². The van der Waals surface area contributed by atoms with E-state index in [2.05, 4.69) is 41.7 Å². The number of fused-ring (bicyclic) bond motifs is 1. The van der Waals surface area contributed by atoms with Gasteiger partial charge in [-0.05, 0) is 88.7 Å². The predicted octanol–water partition coefficient (Wildman–Crippen LogP) is 7.76. The number of nitrogens with one attached hydrogen (secondary N) is 1. The Morgan fingerprint density at radius 2 is 1.37 bits per heavy atom. The fraction of sp³-hybridized carbons (Fsp3) is 0.154. The van der Waals surface area contributed by atoms with Gasteiger partial charge in [0.05, 0.1) is 6.04 Å². The zero-order valence-corrected chi connectivity index (χ0v) is 27.8. The molecule has 0 spiro atoms. The van der Waals surface area contributed by atoms with Gasteiger partial charge in [0, 0.05) is 28.7 Å². The van der Waals surface area contributed by atoms with Crippen molar-refractivity contribution in [2.24, 2.45) is 0 Å². The molecule has 1 unspecified atom stereocenters. The maximum absolute atomic E-state index is 13.3. The number of halogens is 2. The number of carbonyl (C=O) groups is 3. The fourth-order valence-corrected chi connectivity index (χ4v) is 6.33. The fourth-order valence-electron chi connectivity index (χ4n) is 5.79. The van der Waals surface area contributed by atoms with E-state index in [-0.39, 0.29) is 25.7 Å². The first kappa shape index (κ1) is 33.6. The third-order valence-corrected chi connectivity index (χ3v) is 8.72. The maximum atomic E-state index is 13.3. The van der Waals surface area contributed by atoms with Gasteiger partial charge in [-0.2, -0.15) is 0 Å². The van der Waals surface area contributed by atoms with E-state index in [0.717, 1.165) is 22.3 Å². The minimum absolute atomic E-state index is 0.0502. The van der Waals surface area contributed by atoms with Crippen LogP contribution < -0.4 is 14.8 Å². The van der Waals surface area contributed by atoms with E-state index in [4.69, 9.17) is 32.7 Å². The summed E-state index contributed by atoms with van der Waals surface area (Å²) in [5.74, 6) is -1.77. The second kappa shape index (κ2) is 15.3. The normalized spacial score (nSPS) is 12.3. The quantitative estimate of drug-likeness (QED) is 0.137. The minimum Gasteiger partial charge on any atom is -0.474 e. The molecule has 0 saturated heterocycles. The molecule has 0 radical (unpaired) electrons. The van der Waals surface area contributed by atoms with Crippen molar-refractivity contribution in [2.45, 2.75) is 25.4 Å². The zero-order valence-electron chi connectivity index (χ0n) is 26.3. The lowest BCUT2D eigenvalue weighted by Crippen LogP contribution is -2.40. The molecule has 6 rings (SSSR count). The number of aliphatic carboxylic acids is 1. The predicted molar refractivity (Wildman–Crippen MR) is 188 cm³/mol. The van der Waals surface area contributed by atoms with Crippen molar-refractivity contribution in [3.8, 4) is 22.6 Å². The third-order valence-electron chi connectivity index (χ3n) is 8.29. The van der Waals surface area contributed by atoms with Gasteiger partial charge in [0.1, 0.15) is 0 Å². The molecule has 49 heavy (non-hydrogen) atoms. The Labute approximate surface area is 293 Å². The van der Waals surface area contributed by atoms with E-state index < -0.39 is 17.9 Å². The van der Waals surface area contributed by atoms with Crippen LogP contribution in [0.15, 0.2) is 115 Å². The van der Waals surface area contributed by atoms with Gasteiger partial charge in [0.15, 0.2) is 11.5 Å². The largest absolute Gasteiger partial charge is 0.474 e. The van der Waals surface area contributed by atoms with Crippen molar-refractivity contribution in [1.82, 2.24) is 10.2 Å². The molecule has 0 aliphatic carbocycles. The van der Waals surface area contributed by atoms with Crippen molar-refractivity contribution >= 4 is 41.0 Å². The molecule has 2 amide bonds. The number of hydrogen-bond acceptors (Lipinski definition) is 5. The first-order valence-electron chi connectivity index (χ1n) is 15.6. The summed E-state index contributed by atoms with van der Waals surface area (Å²) in [6, 6.07) is 34.7. The molecule has 5 aromatic rings. The van der Waals surface area contributed by atoms with Crippen molar-refractivity contribution in [3.63, 3.8) is 0 Å². The van der Waals surface area contributed by atoms with Gasteiger partial charge in [-0.1, -0.05) is 96.0 Å². The molecular weight excluding hydrogens is 663 g/mol. The zero-order chi connectivity index (χ0) is 34.3. The number of carbonyl (C=O) groups excluding carboxylic acids is 2. The van der Waals surface area contributed by atoms with Crippen molar-refractivity contribution in [3.05, 3.63) is 153 Å². The molecule has 1 atom stereocenters. The first-order chi connectivity index (χ1) is 23.7. The lowest BCUT2D eigenvalue weighted by Gasteiger charge is -2.32. The summed E-state index contributed by atoms with van der Waals surface area (Å²) in [6.07, 6.45) is 0.908. The van der Waals surface area contributed by atoms with Crippen LogP contribution in [0.3, 0.4) is 0 Å². The number of benzene rings is 5. The summed E-state index contributed by atoms with van der Waals surface area (Å²) in [6.45, 7) is 0.508. The molecule has 0 fully saturated rings. The van der Waals surface area contributed by atoms with Crippen LogP contribution in [0, 0.1) is 0 Å². The van der Waals surface area contributed by atoms with Gasteiger partial charge < -0.3 is 24.8 Å². The number of rotatable bonds is 11. The molecule has 8 nitrogen and oxygen atoms in total. The highest BCUT2D eigenvalue weighted by Gasteiger charge is 2.31. The van der Waals surface area contributed by atoms with Gasteiger partial charge in [0.25, 0.3) is 5.91 Å².